The lowest BCUT2D eigenvalue weighted by Gasteiger charge is -2.27. The summed E-state index contributed by atoms with van der Waals surface area (Å²) in [5.74, 6) is 1.39. The van der Waals surface area contributed by atoms with Gasteiger partial charge in [0.1, 0.15) is 0 Å². The van der Waals surface area contributed by atoms with Crippen LogP contribution in [0, 0.1) is 6.92 Å². The largest absolute Gasteiger partial charge is 0.378 e. The maximum atomic E-state index is 5.50. The van der Waals surface area contributed by atoms with E-state index in [9.17, 15) is 0 Å². The minimum atomic E-state index is 0.364. The molecule has 0 bridgehead atoms. The first-order chi connectivity index (χ1) is 17.7. The van der Waals surface area contributed by atoms with Crippen LogP contribution in [0.4, 0.5) is 23.5 Å². The van der Waals surface area contributed by atoms with Gasteiger partial charge in [0.25, 0.3) is 0 Å². The maximum Gasteiger partial charge on any atom is 0.250 e. The first-order valence-electron chi connectivity index (χ1n) is 11.9. The summed E-state index contributed by atoms with van der Waals surface area (Å²) in [5.41, 5.74) is 7.05. The number of nitrogens with zero attached hydrogens (tertiary/aromatic N) is 5. The fraction of sp³-hybridized carbons (Fsp3) is 0.185. The summed E-state index contributed by atoms with van der Waals surface area (Å²) in [6.07, 6.45) is 1.79. The highest BCUT2D eigenvalue weighted by atomic mass is 16.5. The van der Waals surface area contributed by atoms with Crippen molar-refractivity contribution in [3.8, 4) is 0 Å². The highest BCUT2D eigenvalue weighted by Crippen LogP contribution is 2.23. The lowest BCUT2D eigenvalue weighted by molar-refractivity contribution is 0.122. The van der Waals surface area contributed by atoms with E-state index in [1.807, 2.05) is 37.3 Å². The molecule has 6 rings (SSSR count). The van der Waals surface area contributed by atoms with Crippen LogP contribution in [0.25, 0.3) is 21.7 Å². The number of aromatic nitrogens is 4. The fourth-order valence-electron chi connectivity index (χ4n) is 4.39. The number of hydrogen-bond acceptors (Lipinski definition) is 8. The molecule has 1 fully saturated rings. The second-order valence-electron chi connectivity index (χ2n) is 8.65. The number of hydrazone groups is 1. The first-order valence-corrected chi connectivity index (χ1v) is 11.9. The molecule has 3 N–H and O–H groups in total. The molecule has 1 aliphatic rings. The van der Waals surface area contributed by atoms with Gasteiger partial charge in [-0.1, -0.05) is 48.5 Å². The summed E-state index contributed by atoms with van der Waals surface area (Å²) >= 11 is 0. The van der Waals surface area contributed by atoms with Crippen LogP contribution in [0.3, 0.4) is 0 Å². The number of hydrogen-bond donors (Lipinski definition) is 3. The van der Waals surface area contributed by atoms with Crippen molar-refractivity contribution in [2.45, 2.75) is 6.92 Å². The number of benzene rings is 3. The Morgan fingerprint density at radius 3 is 2.58 bits per heavy atom. The minimum Gasteiger partial charge on any atom is -0.378 e. The monoisotopic (exact) mass is 478 g/mol. The second-order valence-corrected chi connectivity index (χ2v) is 8.65. The predicted molar refractivity (Wildman–Crippen MR) is 144 cm³/mol. The van der Waals surface area contributed by atoms with Crippen molar-refractivity contribution in [3.05, 3.63) is 78.0 Å². The molecule has 5 aromatic rings. The van der Waals surface area contributed by atoms with Crippen molar-refractivity contribution in [1.29, 1.82) is 0 Å². The normalized spacial score (nSPS) is 14.1. The van der Waals surface area contributed by atoms with Gasteiger partial charge in [0.2, 0.25) is 17.8 Å². The zero-order chi connectivity index (χ0) is 24.3. The average molecular weight is 479 g/mol. The van der Waals surface area contributed by atoms with Crippen molar-refractivity contribution >= 4 is 51.4 Å². The second kappa shape index (κ2) is 9.63. The summed E-state index contributed by atoms with van der Waals surface area (Å²) in [7, 11) is 0. The minimum absolute atomic E-state index is 0.364. The standard InChI is InChI=1S/C27H26N8O/c1-18-23(22-8-4-5-9-24(22)29-18)17-28-34-26-31-25(32-27(33-26)35-12-14-36-15-13-35)30-21-11-10-19-6-2-3-7-20(19)16-21/h2-11,16-17,29H,12-15H2,1H3,(H2,30,31,32,33,34)/b28-17+. The Balaban J connectivity index is 1.29. The van der Waals surface area contributed by atoms with Gasteiger partial charge in [-0.3, -0.25) is 0 Å². The number of para-hydroxylation sites is 1. The van der Waals surface area contributed by atoms with E-state index in [0.717, 1.165) is 46.3 Å². The van der Waals surface area contributed by atoms with Gasteiger partial charge in [-0.15, -0.1) is 0 Å². The number of fused-ring (bicyclic) bond motifs is 2. The van der Waals surface area contributed by atoms with Crippen LogP contribution < -0.4 is 15.6 Å². The molecule has 0 atom stereocenters. The molecular weight excluding hydrogens is 452 g/mol. The van der Waals surface area contributed by atoms with E-state index in [4.69, 9.17) is 4.74 Å². The number of ether oxygens (including phenoxy) is 1. The Bertz CT molecular complexity index is 1550. The van der Waals surface area contributed by atoms with Crippen molar-refractivity contribution in [3.63, 3.8) is 0 Å². The Morgan fingerprint density at radius 2 is 1.69 bits per heavy atom. The number of H-pyrrole nitrogens is 1. The molecule has 9 heteroatoms. The molecule has 36 heavy (non-hydrogen) atoms. The van der Waals surface area contributed by atoms with Crippen molar-refractivity contribution in [2.75, 3.05) is 41.9 Å². The molecule has 0 radical (unpaired) electrons. The summed E-state index contributed by atoms with van der Waals surface area (Å²) in [5, 5.41) is 11.2. The molecule has 0 unspecified atom stereocenters. The third-order valence-corrected chi connectivity index (χ3v) is 6.22. The van der Waals surface area contributed by atoms with E-state index in [1.165, 1.54) is 5.39 Å². The molecule has 2 aromatic heterocycles. The third-order valence-electron chi connectivity index (χ3n) is 6.22. The smallest absolute Gasteiger partial charge is 0.250 e. The van der Waals surface area contributed by atoms with E-state index < -0.39 is 0 Å². The Labute approximate surface area is 208 Å². The molecule has 0 aliphatic carbocycles. The van der Waals surface area contributed by atoms with Crippen LogP contribution in [0.5, 0.6) is 0 Å². The molecule has 1 saturated heterocycles. The quantitative estimate of drug-likeness (QED) is 0.237. The maximum absolute atomic E-state index is 5.50. The number of aryl methyl sites for hydroxylation is 1. The van der Waals surface area contributed by atoms with E-state index in [0.29, 0.717) is 31.1 Å². The molecular formula is C27H26N8O. The van der Waals surface area contributed by atoms with Crippen LogP contribution in [0.1, 0.15) is 11.3 Å². The van der Waals surface area contributed by atoms with Gasteiger partial charge < -0.3 is 19.9 Å². The number of rotatable bonds is 6. The van der Waals surface area contributed by atoms with E-state index in [1.54, 1.807) is 6.21 Å². The van der Waals surface area contributed by atoms with Crippen molar-refractivity contribution < 1.29 is 4.74 Å². The molecule has 0 amide bonds. The first kappa shape index (κ1) is 22.0. The molecule has 0 saturated carbocycles. The van der Waals surface area contributed by atoms with Crippen LogP contribution in [0.2, 0.25) is 0 Å². The highest BCUT2D eigenvalue weighted by Gasteiger charge is 2.17. The number of nitrogens with one attached hydrogen (secondary N) is 3. The van der Waals surface area contributed by atoms with Crippen LogP contribution in [-0.2, 0) is 4.74 Å². The van der Waals surface area contributed by atoms with E-state index in [-0.39, 0.29) is 0 Å². The van der Waals surface area contributed by atoms with Crippen LogP contribution in [-0.4, -0.2) is 52.5 Å². The molecule has 3 heterocycles. The molecule has 3 aromatic carbocycles. The molecule has 1 aliphatic heterocycles. The van der Waals surface area contributed by atoms with Gasteiger partial charge in [-0.05, 0) is 35.9 Å². The van der Waals surface area contributed by atoms with Crippen LogP contribution in [0.15, 0.2) is 71.8 Å². The number of aromatic amines is 1. The SMILES string of the molecule is Cc1[nH]c2ccccc2c1/C=N/Nc1nc(Nc2ccc3ccccc3c2)nc(N2CCOCC2)n1. The van der Waals surface area contributed by atoms with E-state index >= 15 is 0 Å². The zero-order valence-electron chi connectivity index (χ0n) is 19.9. The molecule has 9 nitrogen and oxygen atoms in total. The zero-order valence-corrected chi connectivity index (χ0v) is 19.9. The van der Waals surface area contributed by atoms with E-state index in [2.05, 4.69) is 77.1 Å². The lowest BCUT2D eigenvalue weighted by Crippen LogP contribution is -2.37. The Hall–Kier alpha value is -4.50. The topological polar surface area (TPSA) is 103 Å². The lowest BCUT2D eigenvalue weighted by atomic mass is 10.1. The van der Waals surface area contributed by atoms with Gasteiger partial charge in [0.15, 0.2) is 0 Å². The number of morpholine rings is 1. The highest BCUT2D eigenvalue weighted by molar-refractivity contribution is 6.00. The van der Waals surface area contributed by atoms with Crippen molar-refractivity contribution in [1.82, 2.24) is 19.9 Å². The average Bonchev–Trinajstić information content (AvgIpc) is 3.24. The van der Waals surface area contributed by atoms with Crippen molar-refractivity contribution in [2.24, 2.45) is 5.10 Å². The van der Waals surface area contributed by atoms with Crippen LogP contribution >= 0.6 is 0 Å². The van der Waals surface area contributed by atoms with Gasteiger partial charge in [0.05, 0.1) is 19.4 Å². The summed E-state index contributed by atoms with van der Waals surface area (Å²) < 4.78 is 5.50. The van der Waals surface area contributed by atoms with Gasteiger partial charge in [-0.25, -0.2) is 5.43 Å². The summed E-state index contributed by atoms with van der Waals surface area (Å²) in [6.45, 7) is 4.75. The van der Waals surface area contributed by atoms with Gasteiger partial charge >= 0.3 is 0 Å². The fourth-order valence-corrected chi connectivity index (χ4v) is 4.39. The Morgan fingerprint density at radius 1 is 0.917 bits per heavy atom. The Kier molecular flexibility index (Phi) is 5.88. The van der Waals surface area contributed by atoms with Gasteiger partial charge in [0, 0.05) is 40.9 Å². The molecule has 0 spiro atoms. The van der Waals surface area contributed by atoms with Gasteiger partial charge in [-0.2, -0.15) is 20.1 Å². The number of anilines is 4. The third kappa shape index (κ3) is 4.56. The summed E-state index contributed by atoms with van der Waals surface area (Å²) in [4.78, 5) is 19.4. The molecule has 180 valence electrons. The summed E-state index contributed by atoms with van der Waals surface area (Å²) in [6, 6.07) is 22.6. The predicted octanol–water partition coefficient (Wildman–Crippen LogP) is 4.84.